The minimum Gasteiger partial charge on any atom is -0.365 e. The molecule has 1 aromatic rings. The van der Waals surface area contributed by atoms with Gasteiger partial charge in [0.2, 0.25) is 0 Å². The summed E-state index contributed by atoms with van der Waals surface area (Å²) in [5.41, 5.74) is 5.86. The molecule has 1 aromatic carbocycles. The van der Waals surface area contributed by atoms with Crippen LogP contribution in [0.15, 0.2) is 106 Å². The molecule has 0 radical (unpaired) electrons. The summed E-state index contributed by atoms with van der Waals surface area (Å²) in [6.45, 7) is 0. The Bertz CT molecular complexity index is 989. The van der Waals surface area contributed by atoms with Gasteiger partial charge in [-0.1, -0.05) is 42.5 Å². The number of nitrogens with zero attached hydrogens (tertiary/aromatic N) is 2. The molecule has 2 aliphatic heterocycles. The van der Waals surface area contributed by atoms with Gasteiger partial charge < -0.3 is 10.2 Å². The Morgan fingerprint density at radius 3 is 2.77 bits per heavy atom. The number of rotatable bonds is 2. The number of nitrogens with one attached hydrogen (secondary N) is 1. The monoisotopic (exact) mass is 343 g/mol. The lowest BCUT2D eigenvalue weighted by atomic mass is 9.87. The van der Waals surface area contributed by atoms with Gasteiger partial charge in [0.15, 0.2) is 0 Å². The molecule has 2 unspecified atom stereocenters. The molecule has 0 bridgehead atoms. The van der Waals surface area contributed by atoms with Gasteiger partial charge in [-0.2, -0.15) is 0 Å². The quantitative estimate of drug-likeness (QED) is 0.856. The summed E-state index contributed by atoms with van der Waals surface area (Å²) in [4.78, 5) is 7.11. The fourth-order valence-electron chi connectivity index (χ4n) is 3.98. The first-order chi connectivity index (χ1) is 12.7. The molecule has 4 aliphatic rings. The highest BCUT2D eigenvalue weighted by Crippen LogP contribution is 2.43. The van der Waals surface area contributed by atoms with E-state index in [0.717, 1.165) is 34.1 Å². The van der Waals surface area contributed by atoms with Crippen LogP contribution >= 0.6 is 0 Å². The van der Waals surface area contributed by atoms with E-state index in [2.05, 4.69) is 35.5 Å². The van der Waals surface area contributed by atoms with Crippen LogP contribution in [0.3, 0.4) is 0 Å². The molecule has 2 atom stereocenters. The molecule has 3 nitrogen and oxygen atoms in total. The second kappa shape index (κ2) is 5.70. The fourth-order valence-corrected chi connectivity index (χ4v) is 3.98. The van der Waals surface area contributed by atoms with Crippen LogP contribution in [-0.4, -0.2) is 23.7 Å². The highest BCUT2D eigenvalue weighted by molar-refractivity contribution is 6.04. The minimum atomic E-state index is -0.232. The van der Waals surface area contributed by atoms with E-state index < -0.39 is 0 Å². The van der Waals surface area contributed by atoms with E-state index in [-0.39, 0.29) is 17.8 Å². The van der Waals surface area contributed by atoms with E-state index >= 15 is 0 Å². The van der Waals surface area contributed by atoms with E-state index in [4.69, 9.17) is 4.99 Å². The summed E-state index contributed by atoms with van der Waals surface area (Å²) < 4.78 is 14.1. The number of hydrogen-bond donors (Lipinski definition) is 1. The predicted molar refractivity (Wildman–Crippen MR) is 103 cm³/mol. The van der Waals surface area contributed by atoms with Crippen LogP contribution < -0.4 is 5.32 Å². The maximum absolute atomic E-state index is 14.1. The summed E-state index contributed by atoms with van der Waals surface area (Å²) in [6, 6.07) is 9.96. The highest BCUT2D eigenvalue weighted by Gasteiger charge is 2.40. The van der Waals surface area contributed by atoms with Crippen molar-refractivity contribution in [1.29, 1.82) is 0 Å². The molecule has 0 aromatic heterocycles. The van der Waals surface area contributed by atoms with Crippen molar-refractivity contribution in [1.82, 2.24) is 4.90 Å². The van der Waals surface area contributed by atoms with Crippen molar-refractivity contribution in [3.8, 4) is 0 Å². The normalized spacial score (nSPS) is 25.7. The zero-order chi connectivity index (χ0) is 17.7. The minimum absolute atomic E-state index is 0.00619. The van der Waals surface area contributed by atoms with Crippen molar-refractivity contribution >= 4 is 11.4 Å². The Morgan fingerprint density at radius 2 is 1.92 bits per heavy atom. The number of aliphatic imine (C=N–C) groups is 1. The van der Waals surface area contributed by atoms with Crippen LogP contribution in [0.5, 0.6) is 0 Å². The van der Waals surface area contributed by atoms with Gasteiger partial charge >= 0.3 is 0 Å². The molecule has 1 N–H and O–H groups in total. The average Bonchev–Trinajstić information content (AvgIpc) is 3.05. The number of benzene rings is 1. The summed E-state index contributed by atoms with van der Waals surface area (Å²) in [5.74, 6) is -0.0813. The Hall–Kier alpha value is -3.14. The molecular formula is C22H18FN3. The average molecular weight is 343 g/mol. The lowest BCUT2D eigenvalue weighted by Crippen LogP contribution is -2.39. The predicted octanol–water partition coefficient (Wildman–Crippen LogP) is 4.50. The third-order valence-electron chi connectivity index (χ3n) is 5.19. The van der Waals surface area contributed by atoms with E-state index in [0.29, 0.717) is 0 Å². The van der Waals surface area contributed by atoms with E-state index in [9.17, 15) is 4.39 Å². The Kier molecular flexibility index (Phi) is 3.32. The van der Waals surface area contributed by atoms with E-state index in [1.54, 1.807) is 12.2 Å². The third-order valence-corrected chi connectivity index (χ3v) is 5.19. The largest absolute Gasteiger partial charge is 0.365 e. The molecule has 0 saturated heterocycles. The first-order valence-electron chi connectivity index (χ1n) is 8.75. The summed E-state index contributed by atoms with van der Waals surface area (Å²) in [7, 11) is 2.06. The van der Waals surface area contributed by atoms with Crippen LogP contribution in [0.2, 0.25) is 0 Å². The smallest absolute Gasteiger partial charge is 0.123 e. The van der Waals surface area contributed by atoms with Crippen molar-refractivity contribution in [3.05, 3.63) is 101 Å². The van der Waals surface area contributed by atoms with Crippen LogP contribution in [0.1, 0.15) is 0 Å². The summed E-state index contributed by atoms with van der Waals surface area (Å²) in [6.07, 6.45) is 13.4. The lowest BCUT2D eigenvalue weighted by molar-refractivity contribution is 0.360. The molecular weight excluding hydrogens is 325 g/mol. The van der Waals surface area contributed by atoms with Gasteiger partial charge in [-0.25, -0.2) is 9.38 Å². The molecule has 0 spiro atoms. The van der Waals surface area contributed by atoms with Crippen LogP contribution in [0.25, 0.3) is 0 Å². The number of para-hydroxylation sites is 1. The molecule has 0 amide bonds. The maximum Gasteiger partial charge on any atom is 0.123 e. The second-order valence-electron chi connectivity index (χ2n) is 6.76. The summed E-state index contributed by atoms with van der Waals surface area (Å²) >= 11 is 0. The van der Waals surface area contributed by atoms with Gasteiger partial charge in [0, 0.05) is 18.3 Å². The fraction of sp³-hybridized carbons (Fsp3) is 0.136. The highest BCUT2D eigenvalue weighted by atomic mass is 19.1. The molecule has 0 fully saturated rings. The van der Waals surface area contributed by atoms with Crippen LogP contribution in [0, 0.1) is 5.92 Å². The summed E-state index contributed by atoms with van der Waals surface area (Å²) in [5, 5.41) is 3.50. The molecule has 4 heteroatoms. The number of allylic oxidation sites excluding steroid dienone is 6. The zero-order valence-electron chi connectivity index (χ0n) is 14.4. The van der Waals surface area contributed by atoms with Crippen molar-refractivity contribution < 1.29 is 4.39 Å². The van der Waals surface area contributed by atoms with Crippen molar-refractivity contribution in [3.63, 3.8) is 0 Å². The standard InChI is InChI=1S/C22H18FN3/c1-26-19-12-11-14(23)13-17(19)20(24-15-7-3-2-4-8-15)21-22(26)16-9-5-6-10-18(16)25-21/h2-13,16,19,24H,1H3. The van der Waals surface area contributed by atoms with E-state index in [1.165, 1.54) is 0 Å². The number of fused-ring (bicyclic) bond motifs is 3. The lowest BCUT2D eigenvalue weighted by Gasteiger charge is -2.39. The van der Waals surface area contributed by atoms with Gasteiger partial charge in [0.05, 0.1) is 29.1 Å². The van der Waals surface area contributed by atoms with Crippen molar-refractivity contribution in [2.75, 3.05) is 12.4 Å². The van der Waals surface area contributed by atoms with Gasteiger partial charge in [-0.15, -0.1) is 0 Å². The van der Waals surface area contributed by atoms with Crippen LogP contribution in [0.4, 0.5) is 10.1 Å². The van der Waals surface area contributed by atoms with E-state index in [1.807, 2.05) is 42.5 Å². The molecule has 5 rings (SSSR count). The number of hydrogen-bond acceptors (Lipinski definition) is 3. The Labute approximate surface area is 151 Å². The molecule has 2 aliphatic carbocycles. The number of anilines is 1. The second-order valence-corrected chi connectivity index (χ2v) is 6.76. The first kappa shape index (κ1) is 15.1. The van der Waals surface area contributed by atoms with Gasteiger partial charge in [0.25, 0.3) is 0 Å². The Morgan fingerprint density at radius 1 is 1.08 bits per heavy atom. The number of likely N-dealkylation sites (N-methyl/N-ethyl adjacent to an activating group) is 1. The SMILES string of the molecule is CN1C2=C(N=C3C=CC=CC32)C(Nc2ccccc2)=C2C=C(F)C=CC21. The van der Waals surface area contributed by atoms with Crippen molar-refractivity contribution in [2.24, 2.45) is 10.9 Å². The Balaban J connectivity index is 1.69. The third kappa shape index (κ3) is 2.22. The van der Waals surface area contributed by atoms with Crippen molar-refractivity contribution in [2.45, 2.75) is 6.04 Å². The van der Waals surface area contributed by atoms with Gasteiger partial charge in [-0.3, -0.25) is 0 Å². The molecule has 2 heterocycles. The molecule has 26 heavy (non-hydrogen) atoms. The van der Waals surface area contributed by atoms with Gasteiger partial charge in [-0.05, 0) is 30.4 Å². The number of halogens is 1. The molecule has 128 valence electrons. The maximum atomic E-state index is 14.1. The molecule has 0 saturated carbocycles. The topological polar surface area (TPSA) is 27.6 Å². The first-order valence-corrected chi connectivity index (χ1v) is 8.75. The van der Waals surface area contributed by atoms with Crippen LogP contribution in [-0.2, 0) is 0 Å². The van der Waals surface area contributed by atoms with Gasteiger partial charge in [0.1, 0.15) is 11.5 Å². The zero-order valence-corrected chi connectivity index (χ0v) is 14.4.